The van der Waals surface area contributed by atoms with Crippen LogP contribution >= 0.6 is 0 Å². The Morgan fingerprint density at radius 2 is 2.03 bits per heavy atom. The van der Waals surface area contributed by atoms with E-state index in [1.54, 1.807) is 13.3 Å². The maximum absolute atomic E-state index is 10.8. The number of ether oxygens (including phenoxy) is 1. The molecule has 10 heteroatoms. The third-order valence-corrected chi connectivity index (χ3v) is 8.79. The van der Waals surface area contributed by atoms with Crippen LogP contribution in [0.2, 0.25) is 0 Å². The Labute approximate surface area is 223 Å². The summed E-state index contributed by atoms with van der Waals surface area (Å²) in [6.07, 6.45) is 8.15. The number of nitrogens with zero attached hydrogens (tertiary/aromatic N) is 4. The molecule has 1 heterocycles. The Hall–Kier alpha value is -3.29. The van der Waals surface area contributed by atoms with Crippen molar-refractivity contribution in [1.82, 2.24) is 15.3 Å². The molecule has 0 aliphatic heterocycles. The number of para-hydroxylation sites is 1. The van der Waals surface area contributed by atoms with Crippen molar-refractivity contribution < 1.29 is 9.84 Å². The van der Waals surface area contributed by atoms with Crippen molar-refractivity contribution in [3.63, 3.8) is 0 Å². The number of hydrogen-bond acceptors (Lipinski definition) is 10. The minimum Gasteiger partial charge on any atom is -0.496 e. The maximum atomic E-state index is 10.8. The Morgan fingerprint density at radius 3 is 2.74 bits per heavy atom. The lowest BCUT2D eigenvalue weighted by atomic mass is 9.48. The van der Waals surface area contributed by atoms with Gasteiger partial charge in [0.25, 0.3) is 0 Å². The largest absolute Gasteiger partial charge is 0.496 e. The van der Waals surface area contributed by atoms with E-state index in [2.05, 4.69) is 37.2 Å². The van der Waals surface area contributed by atoms with E-state index >= 15 is 0 Å². The number of aliphatic hydroxyl groups is 1. The van der Waals surface area contributed by atoms with E-state index in [4.69, 9.17) is 4.74 Å². The first kappa shape index (κ1) is 26.3. The number of hydrogen-bond donors (Lipinski definition) is 4. The van der Waals surface area contributed by atoms with Crippen LogP contribution in [0.4, 0.5) is 11.8 Å². The lowest BCUT2D eigenvalue weighted by Gasteiger charge is -2.60. The van der Waals surface area contributed by atoms with Crippen LogP contribution in [0.5, 0.6) is 5.75 Å². The van der Waals surface area contributed by atoms with Gasteiger partial charge < -0.3 is 25.8 Å². The molecule has 6 atom stereocenters. The summed E-state index contributed by atoms with van der Waals surface area (Å²) in [5.74, 6) is 3.81. The van der Waals surface area contributed by atoms with Gasteiger partial charge in [0.1, 0.15) is 29.2 Å². The Balaban J connectivity index is 1.21. The van der Waals surface area contributed by atoms with E-state index in [1.807, 2.05) is 24.3 Å². The fourth-order valence-electron chi connectivity index (χ4n) is 7.31. The van der Waals surface area contributed by atoms with Gasteiger partial charge in [-0.15, -0.1) is 0 Å². The number of anilines is 2. The third-order valence-electron chi connectivity index (χ3n) is 8.79. The quantitative estimate of drug-likeness (QED) is 0.291. The van der Waals surface area contributed by atoms with Gasteiger partial charge >= 0.3 is 0 Å². The molecule has 4 aliphatic carbocycles. The van der Waals surface area contributed by atoms with Gasteiger partial charge in [0.15, 0.2) is 0 Å². The van der Waals surface area contributed by atoms with Crippen molar-refractivity contribution in [3.8, 4) is 11.8 Å². The molecule has 10 nitrogen and oxygen atoms in total. The molecule has 6 rings (SSSR count). The number of benzene rings is 1. The third kappa shape index (κ3) is 5.59. The smallest absolute Gasteiger partial charge is 0.224 e. The predicted molar refractivity (Wildman–Crippen MR) is 145 cm³/mol. The molecule has 4 saturated carbocycles. The van der Waals surface area contributed by atoms with Crippen LogP contribution in [0.25, 0.3) is 0 Å². The van der Waals surface area contributed by atoms with E-state index in [9.17, 15) is 15.3 Å². The first-order valence-corrected chi connectivity index (χ1v) is 13.6. The van der Waals surface area contributed by atoms with Gasteiger partial charge in [-0.2, -0.15) is 15.2 Å². The Bertz CT molecular complexity index is 1150. The summed E-state index contributed by atoms with van der Waals surface area (Å²) in [4.78, 5) is 19.8. The molecule has 1 aromatic carbocycles. The van der Waals surface area contributed by atoms with Gasteiger partial charge in [-0.05, 0) is 74.3 Å². The maximum Gasteiger partial charge on any atom is 0.224 e. The fourth-order valence-corrected chi connectivity index (χ4v) is 7.31. The number of rotatable bonds is 13. The highest BCUT2D eigenvalue weighted by Crippen LogP contribution is 2.60. The first-order chi connectivity index (χ1) is 18.6. The van der Waals surface area contributed by atoms with E-state index in [0.29, 0.717) is 54.7 Å². The molecule has 4 N–H and O–H groups in total. The average molecular weight is 520 g/mol. The standard InChI is InChI=1S/C28H37N7O3/c1-38-24-5-3-2-4-19(24)14-31-27-32-15-22(13-29)26(34-27)33-17-28-10-18-8-20(11-28)25(21(9-18)12-28)30-7-6-23(16-36)35-37/h2-5,15,18,20-21,23,25,30,36H,6-12,14,16-17H2,1H3,(H2,31,32,33,34)/t18?,20-,21+,23-,25-,28-/m0/s1. The zero-order valence-corrected chi connectivity index (χ0v) is 21.9. The summed E-state index contributed by atoms with van der Waals surface area (Å²) >= 11 is 0. The second kappa shape index (κ2) is 11.6. The van der Waals surface area contributed by atoms with Gasteiger partial charge in [0.05, 0.1) is 19.9 Å². The summed E-state index contributed by atoms with van der Waals surface area (Å²) in [5.41, 5.74) is 1.65. The highest BCUT2D eigenvalue weighted by Gasteiger charge is 2.55. The van der Waals surface area contributed by atoms with Gasteiger partial charge in [-0.1, -0.05) is 23.4 Å². The Morgan fingerprint density at radius 1 is 1.24 bits per heavy atom. The van der Waals surface area contributed by atoms with Crippen LogP contribution in [0, 0.1) is 39.4 Å². The highest BCUT2D eigenvalue weighted by atomic mass is 16.5. The minimum atomic E-state index is -0.522. The van der Waals surface area contributed by atoms with Crippen LogP contribution in [0.1, 0.15) is 49.7 Å². The molecule has 0 radical (unpaired) electrons. The molecule has 4 bridgehead atoms. The lowest BCUT2D eigenvalue weighted by molar-refractivity contribution is -0.0693. The second-order valence-electron chi connectivity index (χ2n) is 11.3. The molecule has 4 fully saturated rings. The van der Waals surface area contributed by atoms with Gasteiger partial charge in [0.2, 0.25) is 5.95 Å². The van der Waals surface area contributed by atoms with Crippen LogP contribution in [0.3, 0.4) is 0 Å². The number of nitrogens with one attached hydrogen (secondary N) is 3. The van der Waals surface area contributed by atoms with Gasteiger partial charge in [-0.3, -0.25) is 0 Å². The number of aromatic nitrogens is 2. The van der Waals surface area contributed by atoms with Crippen LogP contribution in [-0.2, 0) is 6.54 Å². The van der Waals surface area contributed by atoms with Crippen LogP contribution in [-0.4, -0.2) is 54.0 Å². The predicted octanol–water partition coefficient (Wildman–Crippen LogP) is 3.68. The highest BCUT2D eigenvalue weighted by molar-refractivity contribution is 5.53. The summed E-state index contributed by atoms with van der Waals surface area (Å²) in [5, 5.41) is 32.4. The van der Waals surface area contributed by atoms with Crippen molar-refractivity contribution in [1.29, 1.82) is 5.26 Å². The molecule has 0 amide bonds. The molecular weight excluding hydrogens is 482 g/mol. The summed E-state index contributed by atoms with van der Waals surface area (Å²) in [6.45, 7) is 1.83. The molecule has 0 saturated heterocycles. The average Bonchev–Trinajstić information content (AvgIpc) is 2.94. The second-order valence-corrected chi connectivity index (χ2v) is 11.3. The SMILES string of the molecule is COc1ccccc1CNc1ncc(C#N)c(NC[C@]23CC4C[C@H](C2)[C@@H](NCC[C@@H](CO)N=O)[C@@H](C4)C3)n1. The summed E-state index contributed by atoms with van der Waals surface area (Å²) < 4.78 is 5.43. The molecule has 4 aliphatic rings. The number of aliphatic hydroxyl groups excluding tert-OH is 1. The number of nitriles is 1. The van der Waals surface area contributed by atoms with Crippen LogP contribution < -0.4 is 20.7 Å². The number of methoxy groups -OCH3 is 1. The van der Waals surface area contributed by atoms with Crippen molar-refractivity contribution in [2.45, 2.75) is 57.2 Å². The van der Waals surface area contributed by atoms with E-state index < -0.39 is 6.04 Å². The van der Waals surface area contributed by atoms with E-state index in [1.165, 1.54) is 19.3 Å². The summed E-state index contributed by atoms with van der Waals surface area (Å²) in [7, 11) is 1.65. The normalized spacial score (nSPS) is 27.9. The van der Waals surface area contributed by atoms with Gasteiger partial charge in [0, 0.05) is 24.7 Å². The number of nitroso groups, excluding NO2 is 1. The van der Waals surface area contributed by atoms with E-state index in [-0.39, 0.29) is 12.0 Å². The molecule has 1 unspecified atom stereocenters. The summed E-state index contributed by atoms with van der Waals surface area (Å²) in [6, 6.07) is 9.98. The molecular formula is C28H37N7O3. The molecule has 202 valence electrons. The van der Waals surface area contributed by atoms with Crippen molar-refractivity contribution in [2.24, 2.45) is 28.3 Å². The molecule has 0 spiro atoms. The topological polar surface area (TPSA) is 145 Å². The Kier molecular flexibility index (Phi) is 8.05. The van der Waals surface area contributed by atoms with E-state index in [0.717, 1.165) is 36.6 Å². The van der Waals surface area contributed by atoms with Crippen molar-refractivity contribution in [3.05, 3.63) is 46.5 Å². The van der Waals surface area contributed by atoms with Crippen LogP contribution in [0.15, 0.2) is 35.6 Å². The molecule has 1 aromatic heterocycles. The minimum absolute atomic E-state index is 0.190. The first-order valence-electron chi connectivity index (χ1n) is 13.6. The molecule has 38 heavy (non-hydrogen) atoms. The zero-order chi connectivity index (χ0) is 26.5. The monoisotopic (exact) mass is 519 g/mol. The van der Waals surface area contributed by atoms with Crippen molar-refractivity contribution in [2.75, 3.05) is 37.4 Å². The lowest BCUT2D eigenvalue weighted by Crippen LogP contribution is -2.59. The fraction of sp³-hybridized carbons (Fsp3) is 0.607. The zero-order valence-electron chi connectivity index (χ0n) is 21.9. The van der Waals surface area contributed by atoms with Crippen molar-refractivity contribution >= 4 is 11.8 Å². The molecule has 2 aromatic rings. The van der Waals surface area contributed by atoms with Gasteiger partial charge in [-0.25, -0.2) is 4.98 Å².